The van der Waals surface area contributed by atoms with Crippen molar-refractivity contribution in [3.05, 3.63) is 42.0 Å². The second-order valence-electron chi connectivity index (χ2n) is 4.12. The van der Waals surface area contributed by atoms with Gasteiger partial charge >= 0.3 is 0 Å². The van der Waals surface area contributed by atoms with Gasteiger partial charge in [-0.3, -0.25) is 4.79 Å². The van der Waals surface area contributed by atoms with Crippen molar-refractivity contribution in [2.45, 2.75) is 6.92 Å². The van der Waals surface area contributed by atoms with Crippen LogP contribution in [-0.2, 0) is 0 Å². The molecule has 0 fully saturated rings. The van der Waals surface area contributed by atoms with Crippen LogP contribution in [0.3, 0.4) is 0 Å². The molecule has 0 atom stereocenters. The molecule has 0 unspecified atom stereocenters. The maximum atomic E-state index is 11.3. The first kappa shape index (κ1) is 13.9. The Balaban J connectivity index is 2.64. The van der Waals surface area contributed by atoms with Gasteiger partial charge < -0.3 is 14.6 Å². The van der Waals surface area contributed by atoms with Gasteiger partial charge in [-0.25, -0.2) is 0 Å². The van der Waals surface area contributed by atoms with Gasteiger partial charge in [0.05, 0.1) is 19.3 Å². The van der Waals surface area contributed by atoms with E-state index in [1.165, 1.54) is 7.11 Å². The molecule has 0 saturated heterocycles. The molecule has 4 heteroatoms. The Bertz CT molecular complexity index is 620. The molecule has 0 saturated carbocycles. The number of carbonyl (C=O) groups is 1. The number of aromatic hydroxyl groups is 1. The van der Waals surface area contributed by atoms with Crippen LogP contribution >= 0.6 is 0 Å². The standard InChI is InChI=1S/C16H16O4/c1-3-20-14-7-5-4-6-12(14)11-8-9-15(19-2)16(18)13(11)10-17/h4-10,18H,3H2,1-2H3. The van der Waals surface area contributed by atoms with Gasteiger partial charge in [-0.15, -0.1) is 0 Å². The van der Waals surface area contributed by atoms with Crippen molar-refractivity contribution in [3.63, 3.8) is 0 Å². The van der Waals surface area contributed by atoms with Crippen LogP contribution in [0.25, 0.3) is 11.1 Å². The monoisotopic (exact) mass is 272 g/mol. The van der Waals surface area contributed by atoms with Crippen LogP contribution in [0.2, 0.25) is 0 Å². The summed E-state index contributed by atoms with van der Waals surface area (Å²) in [7, 11) is 1.44. The Morgan fingerprint density at radius 3 is 2.50 bits per heavy atom. The molecule has 2 aromatic carbocycles. The number of carbonyl (C=O) groups excluding carboxylic acids is 1. The number of ether oxygens (including phenoxy) is 2. The van der Waals surface area contributed by atoms with E-state index in [0.29, 0.717) is 24.2 Å². The summed E-state index contributed by atoms with van der Waals surface area (Å²) in [6, 6.07) is 10.8. The highest BCUT2D eigenvalue weighted by Gasteiger charge is 2.16. The average molecular weight is 272 g/mol. The summed E-state index contributed by atoms with van der Waals surface area (Å²) in [6.45, 7) is 2.42. The van der Waals surface area contributed by atoms with Gasteiger partial charge in [-0.1, -0.05) is 18.2 Å². The molecule has 104 valence electrons. The average Bonchev–Trinajstić information content (AvgIpc) is 2.48. The zero-order valence-corrected chi connectivity index (χ0v) is 11.4. The fourth-order valence-electron chi connectivity index (χ4n) is 2.08. The molecule has 0 bridgehead atoms. The van der Waals surface area contributed by atoms with E-state index >= 15 is 0 Å². The minimum atomic E-state index is -0.161. The van der Waals surface area contributed by atoms with Crippen molar-refractivity contribution in [3.8, 4) is 28.4 Å². The largest absolute Gasteiger partial charge is 0.504 e. The van der Waals surface area contributed by atoms with Crippen molar-refractivity contribution in [2.75, 3.05) is 13.7 Å². The number of rotatable bonds is 5. The second kappa shape index (κ2) is 6.10. The number of phenols is 1. The van der Waals surface area contributed by atoms with E-state index in [4.69, 9.17) is 9.47 Å². The van der Waals surface area contributed by atoms with E-state index < -0.39 is 0 Å². The first-order chi connectivity index (χ1) is 9.72. The highest BCUT2D eigenvalue weighted by atomic mass is 16.5. The minimum absolute atomic E-state index is 0.161. The van der Waals surface area contributed by atoms with Gasteiger partial charge in [0.25, 0.3) is 0 Å². The molecule has 0 aliphatic carbocycles. The number of aldehydes is 1. The Kier molecular flexibility index (Phi) is 4.25. The summed E-state index contributed by atoms with van der Waals surface area (Å²) in [4.78, 5) is 11.3. The van der Waals surface area contributed by atoms with Crippen molar-refractivity contribution < 1.29 is 19.4 Å². The van der Waals surface area contributed by atoms with E-state index in [0.717, 1.165) is 5.56 Å². The number of hydrogen-bond acceptors (Lipinski definition) is 4. The lowest BCUT2D eigenvalue weighted by Gasteiger charge is -2.14. The topological polar surface area (TPSA) is 55.8 Å². The highest BCUT2D eigenvalue weighted by molar-refractivity contribution is 5.93. The number of benzene rings is 2. The number of phenolic OH excluding ortho intramolecular Hbond substituents is 1. The minimum Gasteiger partial charge on any atom is -0.504 e. The lowest BCUT2D eigenvalue weighted by atomic mass is 9.98. The van der Waals surface area contributed by atoms with Crippen LogP contribution in [0.5, 0.6) is 17.2 Å². The smallest absolute Gasteiger partial charge is 0.169 e. The van der Waals surface area contributed by atoms with E-state index in [1.807, 2.05) is 31.2 Å². The molecule has 4 nitrogen and oxygen atoms in total. The molecule has 0 aliphatic rings. The fraction of sp³-hybridized carbons (Fsp3) is 0.188. The summed E-state index contributed by atoms with van der Waals surface area (Å²) in [5.41, 5.74) is 1.56. The number of hydrogen-bond donors (Lipinski definition) is 1. The van der Waals surface area contributed by atoms with Crippen molar-refractivity contribution in [2.24, 2.45) is 0 Å². The summed E-state index contributed by atoms with van der Waals surface area (Å²) in [6.07, 6.45) is 0.621. The van der Waals surface area contributed by atoms with Gasteiger partial charge in [0, 0.05) is 5.56 Å². The molecule has 1 N–H and O–H groups in total. The molecule has 2 aromatic rings. The third-order valence-electron chi connectivity index (χ3n) is 2.99. The van der Waals surface area contributed by atoms with Crippen LogP contribution in [0.1, 0.15) is 17.3 Å². The second-order valence-corrected chi connectivity index (χ2v) is 4.12. The maximum absolute atomic E-state index is 11.3. The molecule has 0 aliphatic heterocycles. The number of methoxy groups -OCH3 is 1. The van der Waals surface area contributed by atoms with E-state index in [2.05, 4.69) is 0 Å². The number of para-hydroxylation sites is 1. The van der Waals surface area contributed by atoms with Gasteiger partial charge in [-0.05, 0) is 30.7 Å². The summed E-state index contributed by atoms with van der Waals surface area (Å²) >= 11 is 0. The zero-order chi connectivity index (χ0) is 14.5. The SMILES string of the molecule is CCOc1ccccc1-c1ccc(OC)c(O)c1C=O. The van der Waals surface area contributed by atoms with E-state index in [1.54, 1.807) is 12.1 Å². The lowest BCUT2D eigenvalue weighted by molar-refractivity contribution is 0.112. The predicted molar refractivity (Wildman–Crippen MR) is 76.7 cm³/mol. The first-order valence-corrected chi connectivity index (χ1v) is 6.30. The summed E-state index contributed by atoms with van der Waals surface area (Å²) in [5.74, 6) is 0.777. The lowest BCUT2D eigenvalue weighted by Crippen LogP contribution is -1.97. The summed E-state index contributed by atoms with van der Waals surface area (Å²) < 4.78 is 10.6. The van der Waals surface area contributed by atoms with E-state index in [-0.39, 0.29) is 17.1 Å². The van der Waals surface area contributed by atoms with Crippen LogP contribution in [0, 0.1) is 0 Å². The predicted octanol–water partition coefficient (Wildman–Crippen LogP) is 3.28. The van der Waals surface area contributed by atoms with Gasteiger partial charge in [0.15, 0.2) is 17.8 Å². The molecule has 20 heavy (non-hydrogen) atoms. The molecule has 0 amide bonds. The van der Waals surface area contributed by atoms with Crippen LogP contribution in [-0.4, -0.2) is 25.1 Å². The van der Waals surface area contributed by atoms with Crippen molar-refractivity contribution in [1.82, 2.24) is 0 Å². The highest BCUT2D eigenvalue weighted by Crippen LogP contribution is 2.39. The molecule has 0 heterocycles. The Morgan fingerprint density at radius 2 is 1.85 bits per heavy atom. The molecule has 0 aromatic heterocycles. The summed E-state index contributed by atoms with van der Waals surface area (Å²) in [5, 5.41) is 10.1. The molecular formula is C16H16O4. The Hall–Kier alpha value is -2.49. The zero-order valence-electron chi connectivity index (χ0n) is 11.4. The molecule has 2 rings (SSSR count). The molecule has 0 radical (unpaired) electrons. The Labute approximate surface area is 117 Å². The van der Waals surface area contributed by atoms with Crippen LogP contribution in [0.15, 0.2) is 36.4 Å². The third-order valence-corrected chi connectivity index (χ3v) is 2.99. The third kappa shape index (κ3) is 2.45. The maximum Gasteiger partial charge on any atom is 0.169 e. The van der Waals surface area contributed by atoms with Crippen LogP contribution < -0.4 is 9.47 Å². The Morgan fingerprint density at radius 1 is 1.10 bits per heavy atom. The molecule has 0 spiro atoms. The quantitative estimate of drug-likeness (QED) is 0.849. The van der Waals surface area contributed by atoms with Crippen LogP contribution in [0.4, 0.5) is 0 Å². The van der Waals surface area contributed by atoms with Crippen molar-refractivity contribution >= 4 is 6.29 Å². The molecular weight excluding hydrogens is 256 g/mol. The van der Waals surface area contributed by atoms with E-state index in [9.17, 15) is 9.90 Å². The van der Waals surface area contributed by atoms with Gasteiger partial charge in [0.2, 0.25) is 0 Å². The van der Waals surface area contributed by atoms with Gasteiger partial charge in [-0.2, -0.15) is 0 Å². The first-order valence-electron chi connectivity index (χ1n) is 6.30. The normalized spacial score (nSPS) is 10.1. The fourth-order valence-corrected chi connectivity index (χ4v) is 2.08. The van der Waals surface area contributed by atoms with Gasteiger partial charge in [0.1, 0.15) is 5.75 Å². The van der Waals surface area contributed by atoms with Crippen molar-refractivity contribution in [1.29, 1.82) is 0 Å².